The molecule has 27 heavy (non-hydrogen) atoms. The van der Waals surface area contributed by atoms with Crippen molar-refractivity contribution < 1.29 is 13.9 Å². The highest BCUT2D eigenvalue weighted by Crippen LogP contribution is 2.21. The van der Waals surface area contributed by atoms with Gasteiger partial charge >= 0.3 is 6.03 Å². The van der Waals surface area contributed by atoms with Gasteiger partial charge in [0.2, 0.25) is 0 Å². The number of rotatable bonds is 5. The molecule has 0 aromatic heterocycles. The largest absolute Gasteiger partial charge is 0.491 e. The first-order valence-corrected chi connectivity index (χ1v) is 9.31. The second kappa shape index (κ2) is 8.75. The number of nitrogens with zero attached hydrogens (tertiary/aromatic N) is 2. The van der Waals surface area contributed by atoms with Crippen molar-refractivity contribution in [2.45, 2.75) is 26.5 Å². The highest BCUT2D eigenvalue weighted by molar-refractivity contribution is 5.74. The number of amides is 2. The lowest BCUT2D eigenvalue weighted by Gasteiger charge is -2.36. The first kappa shape index (κ1) is 19.0. The Balaban J connectivity index is 1.53. The van der Waals surface area contributed by atoms with Gasteiger partial charge in [-0.1, -0.05) is 30.3 Å². The number of hydrogen-bond donors (Lipinski definition) is 1. The normalized spacial score (nSPS) is 14.4. The van der Waals surface area contributed by atoms with Gasteiger partial charge in [0.15, 0.2) is 0 Å². The van der Waals surface area contributed by atoms with Crippen LogP contribution in [0.1, 0.15) is 19.4 Å². The molecule has 1 saturated heterocycles. The average molecular weight is 371 g/mol. The minimum atomic E-state index is -0.225. The van der Waals surface area contributed by atoms with E-state index in [0.29, 0.717) is 38.4 Å². The van der Waals surface area contributed by atoms with Gasteiger partial charge in [-0.25, -0.2) is 9.18 Å². The van der Waals surface area contributed by atoms with Gasteiger partial charge in [0.05, 0.1) is 11.8 Å². The van der Waals surface area contributed by atoms with Crippen LogP contribution in [0.15, 0.2) is 48.5 Å². The standard InChI is InChI=1S/C21H26FN3O2/c1-16(2)27-20-10-6-3-7-17(20)15-23-21(26)25-13-11-24(12-14-25)19-9-5-4-8-18(19)22/h3-10,16H,11-15H2,1-2H3,(H,23,26). The monoisotopic (exact) mass is 371 g/mol. The number of carbonyl (C=O) groups is 1. The fourth-order valence-corrected chi connectivity index (χ4v) is 3.16. The molecule has 0 unspecified atom stereocenters. The number of halogens is 1. The van der Waals surface area contributed by atoms with E-state index in [1.54, 1.807) is 17.0 Å². The highest BCUT2D eigenvalue weighted by Gasteiger charge is 2.22. The molecule has 1 aliphatic heterocycles. The van der Waals surface area contributed by atoms with E-state index in [1.807, 2.05) is 49.1 Å². The summed E-state index contributed by atoms with van der Waals surface area (Å²) in [6.45, 7) is 6.71. The fraction of sp³-hybridized carbons (Fsp3) is 0.381. The molecule has 6 heteroatoms. The molecule has 1 heterocycles. The van der Waals surface area contributed by atoms with Crippen molar-refractivity contribution in [1.82, 2.24) is 10.2 Å². The van der Waals surface area contributed by atoms with E-state index < -0.39 is 0 Å². The second-order valence-electron chi connectivity index (χ2n) is 6.86. The lowest BCUT2D eigenvalue weighted by molar-refractivity contribution is 0.193. The van der Waals surface area contributed by atoms with Crippen molar-refractivity contribution in [3.63, 3.8) is 0 Å². The molecule has 0 spiro atoms. The zero-order chi connectivity index (χ0) is 19.2. The van der Waals surface area contributed by atoms with E-state index in [2.05, 4.69) is 5.32 Å². The van der Waals surface area contributed by atoms with Gasteiger partial charge in [-0.2, -0.15) is 0 Å². The molecule has 144 valence electrons. The predicted octanol–water partition coefficient (Wildman–Crippen LogP) is 3.64. The minimum Gasteiger partial charge on any atom is -0.491 e. The zero-order valence-electron chi connectivity index (χ0n) is 15.8. The molecule has 3 rings (SSSR count). The summed E-state index contributed by atoms with van der Waals surface area (Å²) in [7, 11) is 0. The van der Waals surface area contributed by atoms with Gasteiger partial charge in [0.25, 0.3) is 0 Å². The molecule has 5 nitrogen and oxygen atoms in total. The van der Waals surface area contributed by atoms with Crippen LogP contribution in [0.5, 0.6) is 5.75 Å². The maximum atomic E-state index is 13.9. The third kappa shape index (κ3) is 4.90. The first-order chi connectivity index (χ1) is 13.0. The Labute approximate surface area is 159 Å². The van der Waals surface area contributed by atoms with Crippen LogP contribution in [-0.2, 0) is 6.54 Å². The summed E-state index contributed by atoms with van der Waals surface area (Å²) in [4.78, 5) is 16.2. The first-order valence-electron chi connectivity index (χ1n) is 9.31. The van der Waals surface area contributed by atoms with Crippen LogP contribution in [0, 0.1) is 5.82 Å². The average Bonchev–Trinajstić information content (AvgIpc) is 2.67. The molecule has 1 fully saturated rings. The number of ether oxygens (including phenoxy) is 1. The van der Waals surface area contributed by atoms with Crippen LogP contribution in [0.2, 0.25) is 0 Å². The van der Waals surface area contributed by atoms with Crippen LogP contribution >= 0.6 is 0 Å². The lowest BCUT2D eigenvalue weighted by atomic mass is 10.2. The summed E-state index contributed by atoms with van der Waals surface area (Å²) in [6.07, 6.45) is 0.0771. The Bertz CT molecular complexity index is 774. The third-order valence-corrected chi connectivity index (χ3v) is 4.53. The van der Waals surface area contributed by atoms with Gasteiger partial charge in [0.1, 0.15) is 11.6 Å². The lowest BCUT2D eigenvalue weighted by Crippen LogP contribution is -2.51. The van der Waals surface area contributed by atoms with E-state index in [1.165, 1.54) is 6.07 Å². The smallest absolute Gasteiger partial charge is 0.317 e. The second-order valence-corrected chi connectivity index (χ2v) is 6.86. The zero-order valence-corrected chi connectivity index (χ0v) is 15.8. The maximum absolute atomic E-state index is 13.9. The summed E-state index contributed by atoms with van der Waals surface area (Å²) >= 11 is 0. The molecule has 0 atom stereocenters. The molecule has 0 saturated carbocycles. The Morgan fingerprint density at radius 2 is 1.74 bits per heavy atom. The van der Waals surface area contributed by atoms with Gasteiger partial charge in [0, 0.05) is 38.3 Å². The Morgan fingerprint density at radius 1 is 1.07 bits per heavy atom. The number of hydrogen-bond acceptors (Lipinski definition) is 3. The van der Waals surface area contributed by atoms with Gasteiger partial charge in [-0.15, -0.1) is 0 Å². The molecular formula is C21H26FN3O2. The number of carbonyl (C=O) groups excluding carboxylic acids is 1. The number of piperazine rings is 1. The highest BCUT2D eigenvalue weighted by atomic mass is 19.1. The minimum absolute atomic E-state index is 0.0771. The van der Waals surface area contributed by atoms with Gasteiger partial charge < -0.3 is 19.9 Å². The van der Waals surface area contributed by atoms with Crippen molar-refractivity contribution in [2.75, 3.05) is 31.1 Å². The number of urea groups is 1. The summed E-state index contributed by atoms with van der Waals surface area (Å²) < 4.78 is 19.7. The molecule has 0 radical (unpaired) electrons. The van der Waals surface area contributed by atoms with Crippen molar-refractivity contribution in [1.29, 1.82) is 0 Å². The summed E-state index contributed by atoms with van der Waals surface area (Å²) in [5.41, 5.74) is 1.54. The molecule has 2 amide bonds. The summed E-state index contributed by atoms with van der Waals surface area (Å²) in [5, 5.41) is 2.96. The van der Waals surface area contributed by atoms with E-state index in [0.717, 1.165) is 11.3 Å². The maximum Gasteiger partial charge on any atom is 0.317 e. The molecule has 2 aromatic carbocycles. The Kier molecular flexibility index (Phi) is 6.16. The summed E-state index contributed by atoms with van der Waals surface area (Å²) in [5.74, 6) is 0.564. The number of anilines is 1. The van der Waals surface area contributed by atoms with E-state index in [-0.39, 0.29) is 18.0 Å². The third-order valence-electron chi connectivity index (χ3n) is 4.53. The molecule has 1 aliphatic rings. The van der Waals surface area contributed by atoms with Crippen LogP contribution in [0.25, 0.3) is 0 Å². The van der Waals surface area contributed by atoms with E-state index >= 15 is 0 Å². The van der Waals surface area contributed by atoms with E-state index in [4.69, 9.17) is 4.74 Å². The van der Waals surface area contributed by atoms with Crippen LogP contribution in [-0.4, -0.2) is 43.2 Å². The molecule has 2 aromatic rings. The molecule has 0 aliphatic carbocycles. The Hall–Kier alpha value is -2.76. The SMILES string of the molecule is CC(C)Oc1ccccc1CNC(=O)N1CCN(c2ccccc2F)CC1. The van der Waals surface area contributed by atoms with Crippen molar-refractivity contribution in [3.05, 3.63) is 59.9 Å². The molecule has 0 bridgehead atoms. The van der Waals surface area contributed by atoms with Crippen LogP contribution < -0.4 is 15.0 Å². The predicted molar refractivity (Wildman–Crippen MR) is 105 cm³/mol. The molecular weight excluding hydrogens is 345 g/mol. The van der Waals surface area contributed by atoms with Crippen molar-refractivity contribution in [3.8, 4) is 5.75 Å². The van der Waals surface area contributed by atoms with Crippen molar-refractivity contribution >= 4 is 11.7 Å². The van der Waals surface area contributed by atoms with Crippen LogP contribution in [0.4, 0.5) is 14.9 Å². The van der Waals surface area contributed by atoms with Crippen LogP contribution in [0.3, 0.4) is 0 Å². The quantitative estimate of drug-likeness (QED) is 0.873. The number of nitrogens with one attached hydrogen (secondary N) is 1. The fourth-order valence-electron chi connectivity index (χ4n) is 3.16. The summed E-state index contributed by atoms with van der Waals surface area (Å²) in [6, 6.07) is 14.4. The van der Waals surface area contributed by atoms with Gasteiger partial charge in [-0.3, -0.25) is 0 Å². The van der Waals surface area contributed by atoms with E-state index in [9.17, 15) is 9.18 Å². The topological polar surface area (TPSA) is 44.8 Å². The number of benzene rings is 2. The number of para-hydroxylation sites is 2. The molecule has 1 N–H and O–H groups in total. The van der Waals surface area contributed by atoms with Gasteiger partial charge in [-0.05, 0) is 32.0 Å². The van der Waals surface area contributed by atoms with Crippen molar-refractivity contribution in [2.24, 2.45) is 0 Å². The Morgan fingerprint density at radius 3 is 2.44 bits per heavy atom.